The van der Waals surface area contributed by atoms with Crippen LogP contribution in [0.5, 0.6) is 0 Å². The third-order valence-corrected chi connectivity index (χ3v) is 5.97. The Bertz CT molecular complexity index is 866. The molecule has 2 aromatic rings. The first-order valence-electron chi connectivity index (χ1n) is 8.19. The van der Waals surface area contributed by atoms with Crippen molar-refractivity contribution in [3.8, 4) is 0 Å². The molecule has 2 aliphatic rings. The topological polar surface area (TPSA) is 40.5 Å². The lowest BCUT2D eigenvalue weighted by Gasteiger charge is -2.27. The smallest absolute Gasteiger partial charge is 0.345 e. The molecular weight excluding hydrogens is 318 g/mol. The number of fused-ring (bicyclic) bond motifs is 2. The maximum atomic E-state index is 11.4. The number of hydrogen-bond acceptors (Lipinski definition) is 3. The number of thiophene rings is 1. The summed E-state index contributed by atoms with van der Waals surface area (Å²) < 4.78 is 0. The van der Waals surface area contributed by atoms with Crippen LogP contribution in [0.15, 0.2) is 35.9 Å². The number of hydrogen-bond donors (Lipinski definition) is 1. The van der Waals surface area contributed by atoms with Gasteiger partial charge in [-0.05, 0) is 48.2 Å². The van der Waals surface area contributed by atoms with Crippen LogP contribution in [-0.2, 0) is 0 Å². The molecule has 4 rings (SSSR count). The van der Waals surface area contributed by atoms with Crippen LogP contribution in [0.2, 0.25) is 0 Å². The summed E-state index contributed by atoms with van der Waals surface area (Å²) in [5.41, 5.74) is 6.17. The van der Waals surface area contributed by atoms with Crippen LogP contribution >= 0.6 is 11.3 Å². The average molecular weight is 337 g/mol. The number of carbonyl (C=O) groups is 1. The molecule has 1 fully saturated rings. The zero-order valence-electron chi connectivity index (χ0n) is 13.6. The molecule has 122 valence electrons. The first kappa shape index (κ1) is 15.4. The third-order valence-electron chi connectivity index (χ3n) is 4.82. The molecular formula is C20H19NO2S. The van der Waals surface area contributed by atoms with Gasteiger partial charge in [-0.3, -0.25) is 0 Å². The molecule has 0 atom stereocenters. The van der Waals surface area contributed by atoms with E-state index >= 15 is 0 Å². The summed E-state index contributed by atoms with van der Waals surface area (Å²) in [4.78, 5) is 15.3. The quantitative estimate of drug-likeness (QED) is 0.713. The van der Waals surface area contributed by atoms with Gasteiger partial charge in [-0.25, -0.2) is 4.79 Å². The molecule has 1 aliphatic heterocycles. The Morgan fingerprint density at radius 3 is 2.58 bits per heavy atom. The highest BCUT2D eigenvalue weighted by Crippen LogP contribution is 2.42. The second kappa shape index (κ2) is 6.04. The van der Waals surface area contributed by atoms with Crippen LogP contribution < -0.4 is 0 Å². The van der Waals surface area contributed by atoms with Gasteiger partial charge in [-0.15, -0.1) is 11.3 Å². The van der Waals surface area contributed by atoms with Crippen LogP contribution in [0.4, 0.5) is 0 Å². The van der Waals surface area contributed by atoms with Gasteiger partial charge in [0.1, 0.15) is 4.88 Å². The summed E-state index contributed by atoms with van der Waals surface area (Å²) in [5, 5.41) is 9.39. The normalized spacial score (nSPS) is 17.4. The lowest BCUT2D eigenvalue weighted by Crippen LogP contribution is -2.26. The van der Waals surface area contributed by atoms with E-state index in [-0.39, 0.29) is 0 Å². The summed E-state index contributed by atoms with van der Waals surface area (Å²) in [6, 6.07) is 10.2. The SMILES string of the molecule is CN1CCC(=C2c3ccccc3C=Cc3cc(C(=O)O)sc32)CC1. The maximum absolute atomic E-state index is 11.4. The van der Waals surface area contributed by atoms with E-state index in [1.807, 2.05) is 0 Å². The number of likely N-dealkylation sites (tertiary alicyclic amines) is 1. The fraction of sp³-hybridized carbons (Fsp3) is 0.250. The predicted octanol–water partition coefficient (Wildman–Crippen LogP) is 4.46. The van der Waals surface area contributed by atoms with Crippen molar-refractivity contribution in [2.24, 2.45) is 0 Å². The zero-order chi connectivity index (χ0) is 16.7. The minimum Gasteiger partial charge on any atom is -0.477 e. The first-order valence-corrected chi connectivity index (χ1v) is 9.00. The Hall–Kier alpha value is -2.17. The van der Waals surface area contributed by atoms with Crippen LogP contribution in [0.1, 0.15) is 44.1 Å². The number of rotatable bonds is 1. The van der Waals surface area contributed by atoms with E-state index in [4.69, 9.17) is 0 Å². The summed E-state index contributed by atoms with van der Waals surface area (Å²) in [6.07, 6.45) is 6.24. The fourth-order valence-electron chi connectivity index (χ4n) is 3.49. The Kier molecular flexibility index (Phi) is 3.87. The van der Waals surface area contributed by atoms with E-state index in [9.17, 15) is 9.90 Å². The standard InChI is InChI=1S/C20H19NO2S/c1-21-10-8-14(9-11-21)18-16-5-3-2-4-13(16)6-7-15-12-17(20(22)23)24-19(15)18/h2-7,12H,8-11H2,1H3,(H,22,23). The van der Waals surface area contributed by atoms with Crippen molar-refractivity contribution in [2.75, 3.05) is 20.1 Å². The maximum Gasteiger partial charge on any atom is 0.345 e. The number of aromatic carboxylic acids is 1. The molecule has 0 saturated carbocycles. The highest BCUT2D eigenvalue weighted by atomic mass is 32.1. The molecule has 1 aromatic heterocycles. The van der Waals surface area contributed by atoms with Gasteiger partial charge in [-0.2, -0.15) is 0 Å². The second-order valence-corrected chi connectivity index (χ2v) is 7.45. The van der Waals surface area contributed by atoms with Gasteiger partial charge in [0.25, 0.3) is 0 Å². The molecule has 1 aromatic carbocycles. The molecule has 24 heavy (non-hydrogen) atoms. The number of carboxylic acid groups (broad SMARTS) is 1. The van der Waals surface area contributed by atoms with Crippen molar-refractivity contribution in [1.82, 2.24) is 4.90 Å². The van der Waals surface area contributed by atoms with Crippen molar-refractivity contribution in [2.45, 2.75) is 12.8 Å². The van der Waals surface area contributed by atoms with Crippen molar-refractivity contribution in [3.05, 3.63) is 62.3 Å². The number of benzene rings is 1. The largest absolute Gasteiger partial charge is 0.477 e. The van der Waals surface area contributed by atoms with Crippen molar-refractivity contribution in [3.63, 3.8) is 0 Å². The minimum atomic E-state index is -0.845. The monoisotopic (exact) mass is 337 g/mol. The molecule has 0 radical (unpaired) electrons. The molecule has 0 spiro atoms. The van der Waals surface area contributed by atoms with E-state index < -0.39 is 5.97 Å². The van der Waals surface area contributed by atoms with E-state index in [0.717, 1.165) is 36.4 Å². The van der Waals surface area contributed by atoms with Gasteiger partial charge < -0.3 is 10.0 Å². The van der Waals surface area contributed by atoms with Gasteiger partial charge in [0.2, 0.25) is 0 Å². The molecule has 1 saturated heterocycles. The molecule has 0 unspecified atom stereocenters. The molecule has 2 heterocycles. The lowest BCUT2D eigenvalue weighted by atomic mass is 9.90. The van der Waals surface area contributed by atoms with E-state index in [1.54, 1.807) is 6.07 Å². The molecule has 1 N–H and O–H groups in total. The highest BCUT2D eigenvalue weighted by Gasteiger charge is 2.24. The minimum absolute atomic E-state index is 0.412. The zero-order valence-corrected chi connectivity index (χ0v) is 14.4. The van der Waals surface area contributed by atoms with Crippen molar-refractivity contribution >= 4 is 35.0 Å². The van der Waals surface area contributed by atoms with E-state index in [0.29, 0.717) is 4.88 Å². The van der Waals surface area contributed by atoms with E-state index in [1.165, 1.54) is 33.6 Å². The molecule has 0 bridgehead atoms. The average Bonchev–Trinajstić information content (AvgIpc) is 2.94. The Morgan fingerprint density at radius 1 is 1.12 bits per heavy atom. The van der Waals surface area contributed by atoms with Crippen LogP contribution in [0.25, 0.3) is 17.7 Å². The number of nitrogens with zero attached hydrogens (tertiary/aromatic N) is 1. The summed E-state index contributed by atoms with van der Waals surface area (Å²) >= 11 is 1.40. The third kappa shape index (κ3) is 2.62. The van der Waals surface area contributed by atoms with Crippen LogP contribution in [0, 0.1) is 0 Å². The van der Waals surface area contributed by atoms with Gasteiger partial charge in [0.05, 0.1) is 0 Å². The van der Waals surface area contributed by atoms with Crippen LogP contribution in [0.3, 0.4) is 0 Å². The predicted molar refractivity (Wildman–Crippen MR) is 99.4 cm³/mol. The van der Waals surface area contributed by atoms with Crippen molar-refractivity contribution in [1.29, 1.82) is 0 Å². The molecule has 1 aliphatic carbocycles. The Morgan fingerprint density at radius 2 is 1.83 bits per heavy atom. The van der Waals surface area contributed by atoms with Crippen LogP contribution in [-0.4, -0.2) is 36.1 Å². The number of piperidine rings is 1. The highest BCUT2D eigenvalue weighted by molar-refractivity contribution is 7.15. The van der Waals surface area contributed by atoms with Gasteiger partial charge in [-0.1, -0.05) is 42.0 Å². The Balaban J connectivity index is 1.95. The summed E-state index contributed by atoms with van der Waals surface area (Å²) in [7, 11) is 2.16. The van der Waals surface area contributed by atoms with Gasteiger partial charge >= 0.3 is 5.97 Å². The second-order valence-electron chi connectivity index (χ2n) is 6.40. The van der Waals surface area contributed by atoms with Gasteiger partial charge in [0.15, 0.2) is 0 Å². The molecule has 4 heteroatoms. The lowest BCUT2D eigenvalue weighted by molar-refractivity contribution is 0.0702. The summed E-state index contributed by atoms with van der Waals surface area (Å²) in [6.45, 7) is 2.11. The number of carboxylic acids is 1. The fourth-order valence-corrected chi connectivity index (χ4v) is 4.59. The first-order chi connectivity index (χ1) is 11.6. The van der Waals surface area contributed by atoms with Gasteiger partial charge in [0, 0.05) is 18.0 Å². The van der Waals surface area contributed by atoms with Crippen molar-refractivity contribution < 1.29 is 9.90 Å². The molecule has 3 nitrogen and oxygen atoms in total. The molecule has 0 amide bonds. The Labute approximate surface area is 145 Å². The summed E-state index contributed by atoms with van der Waals surface area (Å²) in [5.74, 6) is -0.845. The van der Waals surface area contributed by atoms with E-state index in [2.05, 4.69) is 48.4 Å².